The number of aryl methyl sites for hydroxylation is 1. The van der Waals surface area contributed by atoms with Gasteiger partial charge in [0.1, 0.15) is 0 Å². The molecule has 0 heterocycles. The Kier molecular flexibility index (Phi) is 8.51. The summed E-state index contributed by atoms with van der Waals surface area (Å²) >= 11 is -2.65. The van der Waals surface area contributed by atoms with Gasteiger partial charge in [0.25, 0.3) is 0 Å². The van der Waals surface area contributed by atoms with Gasteiger partial charge >= 0.3 is 201 Å². The van der Waals surface area contributed by atoms with Crippen molar-refractivity contribution in [1.82, 2.24) is 4.90 Å². The average Bonchev–Trinajstić information content (AvgIpc) is 2.76. The number of hydrogen-bond donors (Lipinski definition) is 0. The second-order valence-electron chi connectivity index (χ2n) is 8.49. The van der Waals surface area contributed by atoms with E-state index in [0.29, 0.717) is 0 Å². The summed E-state index contributed by atoms with van der Waals surface area (Å²) in [5.41, 5.74) is 4.27. The van der Waals surface area contributed by atoms with Gasteiger partial charge in [0.15, 0.2) is 0 Å². The Morgan fingerprint density at radius 1 is 0.781 bits per heavy atom. The van der Waals surface area contributed by atoms with Crippen LogP contribution < -0.4 is 9.81 Å². The fraction of sp³-hybridized carbons (Fsp3) is 0.286. The molecule has 0 unspecified atom stereocenters. The zero-order chi connectivity index (χ0) is 23.3. The number of ketones is 2. The number of rotatable bonds is 9. The maximum absolute atomic E-state index is 11.8. The molecule has 0 atom stereocenters. The Labute approximate surface area is 200 Å². The molecule has 0 amide bonds. The zero-order valence-corrected chi connectivity index (χ0v) is 23.2. The van der Waals surface area contributed by atoms with Crippen LogP contribution in [0.15, 0.2) is 66.7 Å². The summed E-state index contributed by atoms with van der Waals surface area (Å²) in [5, 5.41) is 0. The van der Waals surface area contributed by atoms with Gasteiger partial charge in [0.2, 0.25) is 0 Å². The molecule has 0 bridgehead atoms. The van der Waals surface area contributed by atoms with Gasteiger partial charge in [-0.05, 0) is 0 Å². The molecule has 3 nitrogen and oxygen atoms in total. The molecule has 0 aliphatic carbocycles. The quantitative estimate of drug-likeness (QED) is 0.270. The van der Waals surface area contributed by atoms with E-state index in [9.17, 15) is 9.59 Å². The van der Waals surface area contributed by atoms with Crippen molar-refractivity contribution in [2.75, 3.05) is 14.1 Å². The van der Waals surface area contributed by atoms with E-state index in [2.05, 4.69) is 68.4 Å². The number of carbonyl (C=O) groups excluding carboxylic acids is 2. The van der Waals surface area contributed by atoms with Crippen LogP contribution in [-0.4, -0.2) is 52.3 Å². The average molecular weight is 624 g/mol. The van der Waals surface area contributed by atoms with Crippen molar-refractivity contribution < 1.29 is 9.59 Å². The molecule has 0 aliphatic heterocycles. The number of Topliss-reactive ketones (excluding diaryl/α,β-unsaturated/α-hetero) is 2. The Morgan fingerprint density at radius 3 is 1.69 bits per heavy atom. The first kappa shape index (κ1) is 24.5. The second-order valence-corrected chi connectivity index (χ2v) is 17.0. The van der Waals surface area contributed by atoms with Gasteiger partial charge in [0, 0.05) is 0 Å². The third-order valence-electron chi connectivity index (χ3n) is 5.47. The number of carbonyl (C=O) groups is 2. The maximum atomic E-state index is 11.8. The van der Waals surface area contributed by atoms with Crippen LogP contribution in [0.25, 0.3) is 0 Å². The van der Waals surface area contributed by atoms with Crippen LogP contribution in [0, 0.1) is 0 Å². The summed E-state index contributed by atoms with van der Waals surface area (Å²) in [5.74, 6) is 0.177. The van der Waals surface area contributed by atoms with Gasteiger partial charge < -0.3 is 0 Å². The first-order valence-corrected chi connectivity index (χ1v) is 16.3. The minimum absolute atomic E-state index is 0.0885. The van der Waals surface area contributed by atoms with Crippen molar-refractivity contribution >= 4 is 43.1 Å². The van der Waals surface area contributed by atoms with Crippen molar-refractivity contribution in [3.8, 4) is 0 Å². The molecule has 4 heteroatoms. The molecule has 32 heavy (non-hydrogen) atoms. The molecule has 0 aromatic heterocycles. The SMILES string of the molecule is CCCc1cc[c]([Bi]([c]2ccc(C(C)=O)cc2)[c]2ccc(C(C)=O)cc2)c(CN(C)C)c1. The predicted molar refractivity (Wildman–Crippen MR) is 135 cm³/mol. The Hall–Kier alpha value is -2.16. The van der Waals surface area contributed by atoms with E-state index in [1.165, 1.54) is 20.9 Å². The molecule has 0 aliphatic rings. The first-order valence-electron chi connectivity index (χ1n) is 11.1. The van der Waals surface area contributed by atoms with Crippen LogP contribution in [0.2, 0.25) is 0 Å². The zero-order valence-electron chi connectivity index (χ0n) is 19.7. The van der Waals surface area contributed by atoms with Gasteiger partial charge in [-0.2, -0.15) is 0 Å². The topological polar surface area (TPSA) is 37.4 Å². The van der Waals surface area contributed by atoms with Crippen LogP contribution in [0.1, 0.15) is 59.0 Å². The molecular weight excluding hydrogens is 591 g/mol. The fourth-order valence-corrected chi connectivity index (χ4v) is 13.2. The molecule has 3 aromatic rings. The van der Waals surface area contributed by atoms with E-state index in [1.54, 1.807) is 13.8 Å². The first-order chi connectivity index (χ1) is 15.3. The predicted octanol–water partition coefficient (Wildman–Crippen LogP) is 3.62. The van der Waals surface area contributed by atoms with Crippen LogP contribution in [0.5, 0.6) is 0 Å². The van der Waals surface area contributed by atoms with Crippen molar-refractivity contribution in [1.29, 1.82) is 0 Å². The molecule has 0 saturated heterocycles. The molecule has 0 spiro atoms. The van der Waals surface area contributed by atoms with Crippen LogP contribution in [-0.2, 0) is 13.0 Å². The van der Waals surface area contributed by atoms with Crippen LogP contribution in [0.4, 0.5) is 0 Å². The normalized spacial score (nSPS) is 11.2. The summed E-state index contributed by atoms with van der Waals surface area (Å²) in [7, 11) is 4.23. The monoisotopic (exact) mass is 623 g/mol. The van der Waals surface area contributed by atoms with Crippen molar-refractivity contribution in [3.63, 3.8) is 0 Å². The van der Waals surface area contributed by atoms with E-state index in [0.717, 1.165) is 30.5 Å². The molecule has 3 aromatic carbocycles. The molecule has 0 radical (unpaired) electrons. The van der Waals surface area contributed by atoms with Crippen LogP contribution in [0.3, 0.4) is 0 Å². The third kappa shape index (κ3) is 6.00. The van der Waals surface area contributed by atoms with Crippen molar-refractivity contribution in [2.24, 2.45) is 0 Å². The summed E-state index contributed by atoms with van der Waals surface area (Å²) in [4.78, 5) is 25.9. The molecule has 0 saturated carbocycles. The number of benzene rings is 3. The second kappa shape index (κ2) is 11.1. The molecular formula is C28H32BiNO2. The number of nitrogens with zero attached hydrogens (tertiary/aromatic N) is 1. The fourth-order valence-electron chi connectivity index (χ4n) is 3.89. The molecule has 166 valence electrons. The van der Waals surface area contributed by atoms with Crippen molar-refractivity contribution in [2.45, 2.75) is 40.2 Å². The summed E-state index contributed by atoms with van der Waals surface area (Å²) in [6.07, 6.45) is 2.22. The third-order valence-corrected chi connectivity index (χ3v) is 15.4. The summed E-state index contributed by atoms with van der Waals surface area (Å²) in [6.45, 7) is 6.33. The van der Waals surface area contributed by atoms with Gasteiger partial charge in [-0.25, -0.2) is 0 Å². The Balaban J connectivity index is 2.17. The molecule has 0 fully saturated rings. The van der Waals surface area contributed by atoms with E-state index in [1.807, 2.05) is 24.3 Å². The standard InChI is InChI=1S/C12H18N.2C8H7O.Bi/c1-4-6-11-7-5-8-12(9-11)10-13(2)3;2*1-7(9)8-5-3-2-4-6-8;/h5,7,9H,4,6,10H2,1-3H3;2*3-6H,1H3;. The molecule has 0 N–H and O–H groups in total. The Morgan fingerprint density at radius 2 is 1.28 bits per heavy atom. The van der Waals surface area contributed by atoms with Gasteiger partial charge in [-0.1, -0.05) is 0 Å². The van der Waals surface area contributed by atoms with E-state index >= 15 is 0 Å². The van der Waals surface area contributed by atoms with Crippen LogP contribution >= 0.6 is 0 Å². The van der Waals surface area contributed by atoms with E-state index in [-0.39, 0.29) is 11.6 Å². The molecule has 3 rings (SSSR count). The number of hydrogen-bond acceptors (Lipinski definition) is 3. The van der Waals surface area contributed by atoms with Gasteiger partial charge in [0.05, 0.1) is 0 Å². The summed E-state index contributed by atoms with van der Waals surface area (Å²) < 4.78 is 4.13. The van der Waals surface area contributed by atoms with Gasteiger partial charge in [-0.15, -0.1) is 0 Å². The van der Waals surface area contributed by atoms with Gasteiger partial charge in [-0.3, -0.25) is 0 Å². The van der Waals surface area contributed by atoms with Crippen molar-refractivity contribution in [3.05, 3.63) is 89.0 Å². The van der Waals surface area contributed by atoms with E-state index in [4.69, 9.17) is 0 Å². The summed E-state index contributed by atoms with van der Waals surface area (Å²) in [6, 6.07) is 23.4. The Bertz CT molecular complexity index is 1030. The minimum atomic E-state index is -2.65. The van der Waals surface area contributed by atoms with E-state index < -0.39 is 21.8 Å².